The van der Waals surface area contributed by atoms with Crippen LogP contribution in [0.25, 0.3) is 11.4 Å². The molecule has 2 heterocycles. The van der Waals surface area contributed by atoms with Gasteiger partial charge in [0, 0.05) is 12.4 Å². The Morgan fingerprint density at radius 1 is 0.800 bits per heavy atom. The summed E-state index contributed by atoms with van der Waals surface area (Å²) in [6.07, 6.45) is 3.03. The van der Waals surface area contributed by atoms with Crippen molar-refractivity contribution < 1.29 is 59.1 Å². The van der Waals surface area contributed by atoms with Crippen LogP contribution >= 0.6 is 0 Å². The van der Waals surface area contributed by atoms with Crippen LogP contribution in [0.3, 0.4) is 0 Å². The molecule has 0 aliphatic rings. The first-order valence-corrected chi connectivity index (χ1v) is 4.92. The zero-order valence-corrected chi connectivity index (χ0v) is 15.1. The number of pyridine rings is 2. The number of rotatable bonds is 5. The van der Waals surface area contributed by atoms with Gasteiger partial charge in [-0.05, 0) is 24.3 Å². The molecule has 0 aliphatic carbocycles. The molecule has 0 fully saturated rings. The van der Waals surface area contributed by atoms with E-state index in [1.54, 1.807) is 24.3 Å². The smallest absolute Gasteiger partial charge is 0.254 e. The number of nitrogens with zero attached hydrogens (tertiary/aromatic N) is 4. The van der Waals surface area contributed by atoms with Crippen LogP contribution in [-0.4, -0.2) is 9.97 Å². The maximum atomic E-state index is 10.1. The Morgan fingerprint density at radius 3 is 1.55 bits per heavy atom. The van der Waals surface area contributed by atoms with Crippen molar-refractivity contribution in [2.24, 2.45) is 10.6 Å². The molecule has 2 aromatic heterocycles. The molecular formula is C10H8N6Na2O2+2. The zero-order chi connectivity index (χ0) is 12.8. The van der Waals surface area contributed by atoms with E-state index in [9.17, 15) is 9.81 Å². The van der Waals surface area contributed by atoms with Crippen molar-refractivity contribution in [1.82, 2.24) is 9.97 Å². The summed E-state index contributed by atoms with van der Waals surface area (Å²) in [5, 5.41) is 5.14. The molecule has 8 nitrogen and oxygen atoms in total. The summed E-state index contributed by atoms with van der Waals surface area (Å²) in [5.74, 6) is 0. The average Bonchev–Trinajstić information content (AvgIpc) is 2.40. The molecule has 0 aromatic carbocycles. The van der Waals surface area contributed by atoms with Crippen molar-refractivity contribution in [1.29, 1.82) is 0 Å². The molecule has 2 N–H and O–H groups in total. The predicted molar refractivity (Wildman–Crippen MR) is 66.3 cm³/mol. The summed E-state index contributed by atoms with van der Waals surface area (Å²) < 4.78 is 0. The molecule has 2 aromatic rings. The van der Waals surface area contributed by atoms with Gasteiger partial charge < -0.3 is 0 Å². The second-order valence-electron chi connectivity index (χ2n) is 3.27. The second kappa shape index (κ2) is 9.92. The molecule has 0 radical (unpaired) electrons. The maximum absolute atomic E-state index is 10.1. The monoisotopic (exact) mass is 290 g/mol. The SMILES string of the molecule is O=NNc1ccnc(-c2cc(NN=O)ccn2)c1.[Na+].[Na+]. The van der Waals surface area contributed by atoms with Crippen molar-refractivity contribution >= 4 is 11.4 Å². The van der Waals surface area contributed by atoms with Crippen LogP contribution in [0, 0.1) is 9.81 Å². The molecular weight excluding hydrogens is 282 g/mol. The third-order valence-corrected chi connectivity index (χ3v) is 2.13. The van der Waals surface area contributed by atoms with Crippen LogP contribution in [0.15, 0.2) is 47.2 Å². The van der Waals surface area contributed by atoms with Crippen LogP contribution in [0.5, 0.6) is 0 Å². The second-order valence-corrected chi connectivity index (χ2v) is 3.27. The topological polar surface area (TPSA) is 109 Å². The first-order chi connectivity index (χ1) is 8.83. The van der Waals surface area contributed by atoms with Crippen LogP contribution in [-0.2, 0) is 0 Å². The number of hydrogen-bond acceptors (Lipinski definition) is 6. The van der Waals surface area contributed by atoms with E-state index in [-0.39, 0.29) is 59.1 Å². The van der Waals surface area contributed by atoms with Crippen molar-refractivity contribution in [2.75, 3.05) is 10.9 Å². The fourth-order valence-corrected chi connectivity index (χ4v) is 1.39. The molecule has 0 atom stereocenters. The van der Waals surface area contributed by atoms with E-state index in [4.69, 9.17) is 0 Å². The van der Waals surface area contributed by atoms with Gasteiger partial charge in [0.25, 0.3) is 0 Å². The minimum Gasteiger partial charge on any atom is -0.254 e. The zero-order valence-electron chi connectivity index (χ0n) is 11.1. The van der Waals surface area contributed by atoms with Crippen LogP contribution in [0.4, 0.5) is 11.4 Å². The normalized spacial score (nSPS) is 8.60. The molecule has 0 unspecified atom stereocenters. The van der Waals surface area contributed by atoms with Gasteiger partial charge in [0.2, 0.25) is 0 Å². The summed E-state index contributed by atoms with van der Waals surface area (Å²) in [5.41, 5.74) is 6.64. The van der Waals surface area contributed by atoms with Gasteiger partial charge in [-0.25, -0.2) is 10.9 Å². The Bertz CT molecular complexity index is 532. The summed E-state index contributed by atoms with van der Waals surface area (Å²) in [7, 11) is 0. The number of nitrogens with one attached hydrogen (secondary N) is 2. The van der Waals surface area contributed by atoms with Crippen LogP contribution in [0.1, 0.15) is 0 Å². The van der Waals surface area contributed by atoms with Gasteiger partial charge in [-0.3, -0.25) is 9.97 Å². The maximum Gasteiger partial charge on any atom is 1.00 e. The Kier molecular flexibility index (Phi) is 9.47. The van der Waals surface area contributed by atoms with Crippen molar-refractivity contribution in [3.8, 4) is 11.4 Å². The predicted octanol–water partition coefficient (Wildman–Crippen LogP) is -3.66. The Balaban J connectivity index is 0.00000180. The van der Waals surface area contributed by atoms with Gasteiger partial charge >= 0.3 is 59.1 Å². The van der Waals surface area contributed by atoms with Crippen LogP contribution in [0.2, 0.25) is 0 Å². The fourth-order valence-electron chi connectivity index (χ4n) is 1.39. The number of nitroso groups, excluding NO2 is 2. The quantitative estimate of drug-likeness (QED) is 0.334. The van der Waals surface area contributed by atoms with E-state index < -0.39 is 0 Å². The number of aromatic nitrogens is 2. The van der Waals surface area contributed by atoms with E-state index in [1.165, 1.54) is 12.4 Å². The molecule has 0 saturated heterocycles. The average molecular weight is 290 g/mol. The standard InChI is InChI=1S/C10H8N6O2.2Na/c17-15-13-7-1-3-11-9(5-7)10-6-8(14-16-18)2-4-12-10;;/h1-6H,(H,11,13,17)(H,12,14,18);;/q;2*+1. The van der Waals surface area contributed by atoms with E-state index in [0.29, 0.717) is 22.8 Å². The Labute approximate surface area is 158 Å². The molecule has 0 aliphatic heterocycles. The van der Waals surface area contributed by atoms with E-state index in [0.717, 1.165) is 0 Å². The molecule has 10 heteroatoms. The van der Waals surface area contributed by atoms with Crippen molar-refractivity contribution in [3.05, 3.63) is 46.5 Å². The molecule has 20 heavy (non-hydrogen) atoms. The molecule has 0 saturated carbocycles. The van der Waals surface area contributed by atoms with Crippen molar-refractivity contribution in [3.63, 3.8) is 0 Å². The first kappa shape index (κ1) is 19.1. The molecule has 0 bridgehead atoms. The fraction of sp³-hybridized carbons (Fsp3) is 0. The largest absolute Gasteiger partial charge is 1.00 e. The van der Waals surface area contributed by atoms with Gasteiger partial charge in [0.1, 0.15) is 0 Å². The summed E-state index contributed by atoms with van der Waals surface area (Å²) in [6.45, 7) is 0. The Hall–Kier alpha value is -0.900. The summed E-state index contributed by atoms with van der Waals surface area (Å²) in [6, 6.07) is 6.42. The van der Waals surface area contributed by atoms with Crippen molar-refractivity contribution in [2.45, 2.75) is 0 Å². The summed E-state index contributed by atoms with van der Waals surface area (Å²) >= 11 is 0. The number of anilines is 2. The third kappa shape index (κ3) is 5.23. The van der Waals surface area contributed by atoms with E-state index in [1.807, 2.05) is 0 Å². The molecule has 90 valence electrons. The molecule has 0 spiro atoms. The molecule has 0 amide bonds. The third-order valence-electron chi connectivity index (χ3n) is 2.13. The first-order valence-electron chi connectivity index (χ1n) is 4.92. The van der Waals surface area contributed by atoms with Gasteiger partial charge in [0.05, 0.1) is 33.3 Å². The van der Waals surface area contributed by atoms with Gasteiger partial charge in [-0.2, -0.15) is 0 Å². The summed E-state index contributed by atoms with van der Waals surface area (Å²) in [4.78, 5) is 28.4. The van der Waals surface area contributed by atoms with Gasteiger partial charge in [-0.15, -0.1) is 9.81 Å². The Morgan fingerprint density at radius 2 is 1.20 bits per heavy atom. The minimum absolute atomic E-state index is 0. The van der Waals surface area contributed by atoms with E-state index in [2.05, 4.69) is 31.4 Å². The van der Waals surface area contributed by atoms with Gasteiger partial charge in [0.15, 0.2) is 0 Å². The minimum atomic E-state index is 0. The van der Waals surface area contributed by atoms with Gasteiger partial charge in [-0.1, -0.05) is 0 Å². The molecule has 2 rings (SSSR count). The number of hydrogen-bond donors (Lipinski definition) is 2. The van der Waals surface area contributed by atoms with Crippen LogP contribution < -0.4 is 70.0 Å². The van der Waals surface area contributed by atoms with E-state index >= 15 is 0 Å².